The number of nitrogens with zero attached hydrogens (tertiary/aromatic N) is 1. The van der Waals surface area contributed by atoms with Gasteiger partial charge in [-0.25, -0.2) is 0 Å². The zero-order valence-corrected chi connectivity index (χ0v) is 41.2. The summed E-state index contributed by atoms with van der Waals surface area (Å²) in [5.74, 6) is -1.78. The molecule has 0 bridgehead atoms. The van der Waals surface area contributed by atoms with Crippen molar-refractivity contribution in [1.29, 1.82) is 0 Å². The van der Waals surface area contributed by atoms with Crippen molar-refractivity contribution in [3.8, 4) is 0 Å². The third-order valence-electron chi connectivity index (χ3n) is 11.1. The third-order valence-corrected chi connectivity index (χ3v) is 11.1. The molecular formula is C55H95NO7. The first-order valence-corrected chi connectivity index (χ1v) is 25.5. The van der Waals surface area contributed by atoms with Crippen LogP contribution in [-0.2, 0) is 28.6 Å². The molecule has 8 heteroatoms. The number of likely N-dealkylation sites (N-methyl/N-ethyl adjacent to an activating group) is 1. The second-order valence-corrected chi connectivity index (χ2v) is 18.0. The summed E-state index contributed by atoms with van der Waals surface area (Å²) in [6.45, 7) is 4.52. The quantitative estimate of drug-likeness (QED) is 0.0260. The minimum Gasteiger partial charge on any atom is -0.544 e. The summed E-state index contributed by atoms with van der Waals surface area (Å²) in [5.41, 5.74) is 0. The number of carboxylic acid groups (broad SMARTS) is 1. The van der Waals surface area contributed by atoms with Crippen molar-refractivity contribution in [2.75, 3.05) is 41.0 Å². The average molecular weight is 882 g/mol. The average Bonchev–Trinajstić information content (AvgIpc) is 3.24. The van der Waals surface area contributed by atoms with Gasteiger partial charge in [0.05, 0.1) is 40.3 Å². The van der Waals surface area contributed by atoms with E-state index in [1.807, 2.05) is 0 Å². The summed E-state index contributed by atoms with van der Waals surface area (Å²) in [6.07, 6.45) is 57.9. The fourth-order valence-electron chi connectivity index (χ4n) is 7.15. The third kappa shape index (κ3) is 43.8. The molecule has 0 aliphatic rings. The molecular weight excluding hydrogens is 787 g/mol. The Hall–Kier alpha value is -3.23. The monoisotopic (exact) mass is 882 g/mol. The van der Waals surface area contributed by atoms with Gasteiger partial charge in [0, 0.05) is 19.3 Å². The van der Waals surface area contributed by atoms with Crippen LogP contribution in [0, 0.1) is 0 Å². The van der Waals surface area contributed by atoms with E-state index < -0.39 is 18.1 Å². The van der Waals surface area contributed by atoms with Crippen molar-refractivity contribution in [3.63, 3.8) is 0 Å². The highest BCUT2D eigenvalue weighted by atomic mass is 16.6. The maximum atomic E-state index is 12.8. The van der Waals surface area contributed by atoms with E-state index in [0.717, 1.165) is 70.6 Å². The van der Waals surface area contributed by atoms with Crippen LogP contribution in [0.15, 0.2) is 72.9 Å². The topological polar surface area (TPSA) is 102 Å². The van der Waals surface area contributed by atoms with E-state index in [1.54, 1.807) is 21.1 Å². The summed E-state index contributed by atoms with van der Waals surface area (Å²) < 4.78 is 17.2. The zero-order valence-electron chi connectivity index (χ0n) is 41.2. The number of hydrogen-bond acceptors (Lipinski definition) is 7. The van der Waals surface area contributed by atoms with E-state index in [1.165, 1.54) is 96.3 Å². The van der Waals surface area contributed by atoms with Crippen LogP contribution in [0.2, 0.25) is 0 Å². The number of hydrogen-bond donors (Lipinski definition) is 0. The Balaban J connectivity index is 4.33. The molecule has 0 fully saturated rings. The maximum absolute atomic E-state index is 12.8. The Morgan fingerprint density at radius 1 is 0.492 bits per heavy atom. The molecule has 0 aromatic rings. The molecule has 0 aliphatic heterocycles. The minimum atomic E-state index is -1.13. The highest BCUT2D eigenvalue weighted by Gasteiger charge is 2.25. The largest absolute Gasteiger partial charge is 0.544 e. The van der Waals surface area contributed by atoms with Gasteiger partial charge in [-0.1, -0.05) is 177 Å². The Bertz CT molecular complexity index is 1260. The van der Waals surface area contributed by atoms with Crippen LogP contribution in [0.3, 0.4) is 0 Å². The highest BCUT2D eigenvalue weighted by Crippen LogP contribution is 2.14. The molecule has 0 N–H and O–H groups in total. The van der Waals surface area contributed by atoms with Gasteiger partial charge in [-0.05, 0) is 83.5 Å². The van der Waals surface area contributed by atoms with Gasteiger partial charge in [0.1, 0.15) is 12.6 Å². The van der Waals surface area contributed by atoms with Crippen LogP contribution in [0.5, 0.6) is 0 Å². The molecule has 0 aromatic carbocycles. The van der Waals surface area contributed by atoms with E-state index in [0.29, 0.717) is 12.8 Å². The van der Waals surface area contributed by atoms with Crippen LogP contribution in [-0.4, -0.2) is 75.5 Å². The summed E-state index contributed by atoms with van der Waals surface area (Å²) in [4.78, 5) is 37.0. The fraction of sp³-hybridized carbons (Fsp3) is 0.727. The number of ether oxygens (including phenoxy) is 3. The molecule has 362 valence electrons. The molecule has 8 nitrogen and oxygen atoms in total. The predicted octanol–water partition coefficient (Wildman–Crippen LogP) is 13.4. The van der Waals surface area contributed by atoms with Gasteiger partial charge >= 0.3 is 11.9 Å². The number of rotatable bonds is 45. The highest BCUT2D eigenvalue weighted by molar-refractivity contribution is 5.70. The SMILES string of the molecule is CC/C=C/C/C=C/C/C=C/C/C=C/C/C=C/CCCCCC(=O)OC(COCCC(C(=O)[O-])[N+](C)(C)C)COC(=O)CCCCCCCCC/C=C/CCCCCCCCCCC. The lowest BCUT2D eigenvalue weighted by Gasteiger charge is -2.34. The Kier molecular flexibility index (Phi) is 43.0. The first-order valence-electron chi connectivity index (χ1n) is 25.5. The Labute approximate surface area is 387 Å². The summed E-state index contributed by atoms with van der Waals surface area (Å²) in [6, 6.07) is -0.736. The van der Waals surface area contributed by atoms with Crippen molar-refractivity contribution in [3.05, 3.63) is 72.9 Å². The van der Waals surface area contributed by atoms with Crippen molar-refractivity contribution in [2.24, 2.45) is 0 Å². The second kappa shape index (κ2) is 45.3. The Morgan fingerprint density at radius 2 is 0.889 bits per heavy atom. The van der Waals surface area contributed by atoms with E-state index in [9.17, 15) is 19.5 Å². The smallest absolute Gasteiger partial charge is 0.306 e. The molecule has 0 aromatic heterocycles. The summed E-state index contributed by atoms with van der Waals surface area (Å²) in [7, 11) is 5.40. The number of unbranched alkanes of at least 4 members (excludes halogenated alkanes) is 19. The fourth-order valence-corrected chi connectivity index (χ4v) is 7.15. The molecule has 0 spiro atoms. The Morgan fingerprint density at radius 3 is 1.35 bits per heavy atom. The zero-order chi connectivity index (χ0) is 46.3. The van der Waals surface area contributed by atoms with E-state index in [4.69, 9.17) is 14.2 Å². The van der Waals surface area contributed by atoms with E-state index in [2.05, 4.69) is 86.8 Å². The predicted molar refractivity (Wildman–Crippen MR) is 263 cm³/mol. The first-order chi connectivity index (χ1) is 30.6. The standard InChI is InChI=1S/C55H95NO7/c1-6-8-10-12-14-16-18-20-22-24-26-28-29-31-33-35-37-39-41-43-45-53(57)62-50-51(49-61-48-47-52(55(59)60)56(3,4)5)63-54(58)46-44-42-40-38-36-34-32-30-27-25-23-21-19-17-15-13-11-9-7-2/h9,11,15,17,21,23,26-28,30,34,36,51-52H,6-8,10,12-14,16,18-20,22,24-25,29,31-33,35,37-50H2,1-5H3/b11-9+,17-15+,23-21+,28-26+,30-27+,36-34+. The van der Waals surface area contributed by atoms with Gasteiger partial charge < -0.3 is 28.6 Å². The van der Waals surface area contributed by atoms with Crippen molar-refractivity contribution >= 4 is 17.9 Å². The molecule has 0 rings (SSSR count). The van der Waals surface area contributed by atoms with Gasteiger partial charge in [0.2, 0.25) is 0 Å². The number of carbonyl (C=O) groups excluding carboxylic acids is 3. The number of quaternary nitrogens is 1. The lowest BCUT2D eigenvalue weighted by atomic mass is 10.1. The number of aliphatic carboxylic acids is 1. The minimum absolute atomic E-state index is 0.0229. The number of esters is 2. The van der Waals surface area contributed by atoms with Crippen LogP contribution < -0.4 is 5.11 Å². The van der Waals surface area contributed by atoms with Crippen LogP contribution in [0.4, 0.5) is 0 Å². The van der Waals surface area contributed by atoms with Crippen molar-refractivity contribution in [1.82, 2.24) is 0 Å². The van der Waals surface area contributed by atoms with Gasteiger partial charge in [-0.2, -0.15) is 0 Å². The second-order valence-electron chi connectivity index (χ2n) is 18.0. The normalized spacial score (nSPS) is 13.5. The molecule has 2 atom stereocenters. The molecule has 0 amide bonds. The van der Waals surface area contributed by atoms with Crippen LogP contribution in [0.25, 0.3) is 0 Å². The molecule has 63 heavy (non-hydrogen) atoms. The lowest BCUT2D eigenvalue weighted by molar-refractivity contribution is -0.889. The van der Waals surface area contributed by atoms with E-state index in [-0.39, 0.29) is 49.1 Å². The molecule has 0 radical (unpaired) electrons. The number of allylic oxidation sites excluding steroid dienone is 12. The molecule has 2 unspecified atom stereocenters. The van der Waals surface area contributed by atoms with Crippen LogP contribution >= 0.6 is 0 Å². The van der Waals surface area contributed by atoms with Gasteiger partial charge in [0.15, 0.2) is 6.10 Å². The van der Waals surface area contributed by atoms with Gasteiger partial charge in [-0.3, -0.25) is 9.59 Å². The van der Waals surface area contributed by atoms with Crippen molar-refractivity contribution < 1.29 is 38.2 Å². The summed E-state index contributed by atoms with van der Waals surface area (Å²) in [5, 5.41) is 11.7. The van der Waals surface area contributed by atoms with Gasteiger partial charge in [0.25, 0.3) is 0 Å². The molecule has 0 saturated carbocycles. The number of carbonyl (C=O) groups is 3. The lowest BCUT2D eigenvalue weighted by Crippen LogP contribution is -2.55. The molecule has 0 aliphatic carbocycles. The van der Waals surface area contributed by atoms with E-state index >= 15 is 0 Å². The van der Waals surface area contributed by atoms with Crippen molar-refractivity contribution in [2.45, 2.75) is 219 Å². The summed E-state index contributed by atoms with van der Waals surface area (Å²) >= 11 is 0. The maximum Gasteiger partial charge on any atom is 0.306 e. The van der Waals surface area contributed by atoms with Gasteiger partial charge in [-0.15, -0.1) is 0 Å². The first kappa shape index (κ1) is 59.8. The molecule has 0 heterocycles. The molecule has 0 saturated heterocycles. The van der Waals surface area contributed by atoms with Crippen LogP contribution in [0.1, 0.15) is 206 Å². The number of carboxylic acids is 1.